The number of rotatable bonds is 7. The molecule has 0 atom stereocenters. The Morgan fingerprint density at radius 3 is 2.45 bits per heavy atom. The number of carbonyl (C=O) groups is 2. The molecule has 2 amide bonds. The van der Waals surface area contributed by atoms with Gasteiger partial charge in [0, 0.05) is 49.4 Å². The van der Waals surface area contributed by atoms with Gasteiger partial charge >= 0.3 is 12.0 Å². The number of benzene rings is 2. The molecule has 0 saturated carbocycles. The molecular weight excluding hydrogens is 418 g/mol. The molecule has 0 bridgehead atoms. The highest BCUT2D eigenvalue weighted by Crippen LogP contribution is 2.13. The molecule has 1 heterocycles. The van der Waals surface area contributed by atoms with Crippen molar-refractivity contribution in [3.63, 3.8) is 0 Å². The summed E-state index contributed by atoms with van der Waals surface area (Å²) in [7, 11) is 2.94. The lowest BCUT2D eigenvalue weighted by molar-refractivity contribution is 0.0600. The molecule has 0 fully saturated rings. The number of aromatic nitrogens is 1. The van der Waals surface area contributed by atoms with Crippen LogP contribution in [0.2, 0.25) is 0 Å². The Morgan fingerprint density at radius 1 is 1.00 bits per heavy atom. The van der Waals surface area contributed by atoms with Gasteiger partial charge in [0.1, 0.15) is 0 Å². The number of ether oxygens (including phenoxy) is 2. The molecule has 1 N–H and O–H groups in total. The predicted octanol–water partition coefficient (Wildman–Crippen LogP) is 3.95. The summed E-state index contributed by atoms with van der Waals surface area (Å²) in [4.78, 5) is 30.4. The summed E-state index contributed by atoms with van der Waals surface area (Å²) in [6, 6.07) is 17.7. The second-order valence-electron chi connectivity index (χ2n) is 7.11. The monoisotopic (exact) mass is 443 g/mol. The number of hydrogen-bond donors (Lipinski definition) is 1. The van der Waals surface area contributed by atoms with Gasteiger partial charge in [0.15, 0.2) is 0 Å². The summed E-state index contributed by atoms with van der Waals surface area (Å²) in [6.07, 6.45) is 3.43. The minimum Gasteiger partial charge on any atom is -0.465 e. The van der Waals surface area contributed by atoms with Gasteiger partial charge in [-0.1, -0.05) is 30.0 Å². The van der Waals surface area contributed by atoms with Crippen LogP contribution in [-0.2, 0) is 16.0 Å². The Morgan fingerprint density at radius 2 is 1.76 bits per heavy atom. The van der Waals surface area contributed by atoms with Crippen LogP contribution in [0.3, 0.4) is 0 Å². The maximum Gasteiger partial charge on any atom is 0.337 e. The molecular formula is C26H25N3O4. The molecule has 0 spiro atoms. The van der Waals surface area contributed by atoms with Crippen LogP contribution in [0.4, 0.5) is 10.5 Å². The molecule has 0 aliphatic rings. The van der Waals surface area contributed by atoms with E-state index in [1.807, 2.05) is 30.3 Å². The van der Waals surface area contributed by atoms with Crippen molar-refractivity contribution in [2.45, 2.75) is 6.54 Å². The molecule has 3 rings (SSSR count). The Labute approximate surface area is 193 Å². The lowest BCUT2D eigenvalue weighted by Gasteiger charge is -2.23. The van der Waals surface area contributed by atoms with Crippen LogP contribution in [0, 0.1) is 11.8 Å². The number of esters is 1. The normalized spacial score (nSPS) is 10.0. The van der Waals surface area contributed by atoms with E-state index in [4.69, 9.17) is 9.47 Å². The van der Waals surface area contributed by atoms with Gasteiger partial charge in [0.25, 0.3) is 0 Å². The van der Waals surface area contributed by atoms with E-state index in [-0.39, 0.29) is 6.03 Å². The molecule has 7 heteroatoms. The van der Waals surface area contributed by atoms with Crippen LogP contribution < -0.4 is 5.32 Å². The molecule has 0 saturated heterocycles. The van der Waals surface area contributed by atoms with Gasteiger partial charge in [-0.25, -0.2) is 9.59 Å². The summed E-state index contributed by atoms with van der Waals surface area (Å²) < 4.78 is 9.89. The standard InChI is InChI=1S/C26H25N3O4/c1-32-15-14-29(19-22-8-5-13-27-18-22)26(31)28-24-10-4-7-21(17-24)12-11-20-6-3-9-23(16-20)25(30)33-2/h3-10,13,16-18H,14-15,19H2,1-2H3,(H,28,31). The van der Waals surface area contributed by atoms with Crippen LogP contribution in [0.15, 0.2) is 73.1 Å². The maximum absolute atomic E-state index is 12.9. The number of methoxy groups -OCH3 is 2. The fraction of sp³-hybridized carbons (Fsp3) is 0.192. The third-order valence-electron chi connectivity index (χ3n) is 4.70. The molecule has 0 aliphatic carbocycles. The van der Waals surface area contributed by atoms with Crippen LogP contribution >= 0.6 is 0 Å². The van der Waals surface area contributed by atoms with Gasteiger partial charge in [-0.05, 0) is 48.0 Å². The first-order valence-electron chi connectivity index (χ1n) is 10.3. The summed E-state index contributed by atoms with van der Waals surface area (Å²) in [5, 5.41) is 2.92. The zero-order valence-corrected chi connectivity index (χ0v) is 18.6. The molecule has 0 aliphatic heterocycles. The lowest BCUT2D eigenvalue weighted by atomic mass is 10.1. The Kier molecular flexibility index (Phi) is 8.57. The summed E-state index contributed by atoms with van der Waals surface area (Å²) >= 11 is 0. The number of nitrogens with one attached hydrogen (secondary N) is 1. The summed E-state index contributed by atoms with van der Waals surface area (Å²) in [5.41, 5.74) is 3.41. The zero-order chi connectivity index (χ0) is 23.5. The first kappa shape index (κ1) is 23.5. The smallest absolute Gasteiger partial charge is 0.337 e. The maximum atomic E-state index is 12.9. The fourth-order valence-electron chi connectivity index (χ4n) is 3.03. The largest absolute Gasteiger partial charge is 0.465 e. The average molecular weight is 444 g/mol. The van der Waals surface area contributed by atoms with Crippen molar-refractivity contribution in [1.29, 1.82) is 0 Å². The molecule has 1 aromatic heterocycles. The van der Waals surface area contributed by atoms with Gasteiger partial charge in [0.2, 0.25) is 0 Å². The third-order valence-corrected chi connectivity index (χ3v) is 4.70. The Balaban J connectivity index is 1.72. The zero-order valence-electron chi connectivity index (χ0n) is 18.6. The lowest BCUT2D eigenvalue weighted by Crippen LogP contribution is -2.36. The van der Waals surface area contributed by atoms with Crippen LogP contribution in [0.1, 0.15) is 27.0 Å². The van der Waals surface area contributed by atoms with Gasteiger partial charge in [0.05, 0.1) is 19.3 Å². The van der Waals surface area contributed by atoms with Crippen molar-refractivity contribution in [2.75, 3.05) is 32.7 Å². The minimum atomic E-state index is -0.410. The van der Waals surface area contributed by atoms with E-state index < -0.39 is 5.97 Å². The van der Waals surface area contributed by atoms with E-state index in [0.717, 1.165) is 11.1 Å². The SMILES string of the molecule is COCCN(Cc1cccnc1)C(=O)Nc1cccc(C#Cc2cccc(C(=O)OC)c2)c1. The highest BCUT2D eigenvalue weighted by Gasteiger charge is 2.14. The van der Waals surface area contributed by atoms with E-state index in [2.05, 4.69) is 22.1 Å². The fourth-order valence-corrected chi connectivity index (χ4v) is 3.03. The molecule has 2 aromatic carbocycles. The van der Waals surface area contributed by atoms with Crippen molar-refractivity contribution in [1.82, 2.24) is 9.88 Å². The number of carbonyl (C=O) groups excluding carboxylic acids is 2. The average Bonchev–Trinajstić information content (AvgIpc) is 2.85. The highest BCUT2D eigenvalue weighted by atomic mass is 16.5. The van der Waals surface area contributed by atoms with Crippen molar-refractivity contribution in [3.05, 3.63) is 95.3 Å². The second-order valence-corrected chi connectivity index (χ2v) is 7.11. The highest BCUT2D eigenvalue weighted by molar-refractivity contribution is 5.90. The quantitative estimate of drug-likeness (QED) is 0.442. The number of nitrogens with zero attached hydrogens (tertiary/aromatic N) is 2. The van der Waals surface area contributed by atoms with E-state index in [1.54, 1.807) is 54.7 Å². The van der Waals surface area contributed by atoms with Gasteiger partial charge in [-0.2, -0.15) is 0 Å². The topological polar surface area (TPSA) is 80.8 Å². The van der Waals surface area contributed by atoms with Gasteiger partial charge in [-0.3, -0.25) is 4.98 Å². The molecule has 0 radical (unpaired) electrons. The first-order chi connectivity index (χ1) is 16.1. The van der Waals surface area contributed by atoms with Crippen molar-refractivity contribution < 1.29 is 19.1 Å². The molecule has 168 valence electrons. The first-order valence-corrected chi connectivity index (χ1v) is 10.3. The Bertz CT molecular complexity index is 1150. The summed E-state index contributed by atoms with van der Waals surface area (Å²) in [6.45, 7) is 1.27. The van der Waals surface area contributed by atoms with Crippen LogP contribution in [0.25, 0.3) is 0 Å². The summed E-state index contributed by atoms with van der Waals surface area (Å²) in [5.74, 6) is 5.70. The van der Waals surface area contributed by atoms with E-state index in [9.17, 15) is 9.59 Å². The molecule has 0 unspecified atom stereocenters. The number of amides is 2. The molecule has 3 aromatic rings. The molecule has 33 heavy (non-hydrogen) atoms. The van der Waals surface area contributed by atoms with Gasteiger partial charge < -0.3 is 19.7 Å². The van der Waals surface area contributed by atoms with Crippen LogP contribution in [0.5, 0.6) is 0 Å². The van der Waals surface area contributed by atoms with Crippen molar-refractivity contribution in [2.24, 2.45) is 0 Å². The second kappa shape index (κ2) is 12.0. The molecule has 7 nitrogen and oxygen atoms in total. The number of urea groups is 1. The van der Waals surface area contributed by atoms with Gasteiger partial charge in [-0.15, -0.1) is 0 Å². The number of pyridine rings is 1. The minimum absolute atomic E-state index is 0.244. The van der Waals surface area contributed by atoms with E-state index >= 15 is 0 Å². The van der Waals surface area contributed by atoms with Crippen molar-refractivity contribution >= 4 is 17.7 Å². The third kappa shape index (κ3) is 7.20. The van der Waals surface area contributed by atoms with E-state index in [1.165, 1.54) is 7.11 Å². The van der Waals surface area contributed by atoms with E-state index in [0.29, 0.717) is 36.5 Å². The van der Waals surface area contributed by atoms with Crippen LogP contribution in [-0.4, -0.2) is 49.3 Å². The number of hydrogen-bond acceptors (Lipinski definition) is 5. The Hall–Kier alpha value is -4.15. The predicted molar refractivity (Wildman–Crippen MR) is 126 cm³/mol. The van der Waals surface area contributed by atoms with Crippen molar-refractivity contribution in [3.8, 4) is 11.8 Å². The number of anilines is 1.